The fourth-order valence-corrected chi connectivity index (χ4v) is 5.63. The predicted molar refractivity (Wildman–Crippen MR) is 120 cm³/mol. The van der Waals surface area contributed by atoms with Gasteiger partial charge in [-0.15, -0.1) is 0 Å². The molecule has 7 nitrogen and oxygen atoms in total. The first-order valence-corrected chi connectivity index (χ1v) is 11.7. The van der Waals surface area contributed by atoms with Gasteiger partial charge in [-0.1, -0.05) is 38.4 Å². The van der Waals surface area contributed by atoms with Gasteiger partial charge < -0.3 is 4.90 Å². The van der Waals surface area contributed by atoms with E-state index < -0.39 is 11.4 Å². The zero-order valence-electron chi connectivity index (χ0n) is 18.6. The summed E-state index contributed by atoms with van der Waals surface area (Å²) in [6.07, 6.45) is 1.52. The van der Waals surface area contributed by atoms with E-state index in [4.69, 9.17) is 11.6 Å². The van der Waals surface area contributed by atoms with Gasteiger partial charge in [0.1, 0.15) is 0 Å². The molecule has 1 aromatic carbocycles. The van der Waals surface area contributed by atoms with Crippen molar-refractivity contribution in [1.29, 1.82) is 0 Å². The van der Waals surface area contributed by atoms with Crippen LogP contribution in [-0.4, -0.2) is 77.9 Å². The number of urea groups is 1. The minimum absolute atomic E-state index is 0.228. The minimum Gasteiger partial charge on any atom is -0.364 e. The topological polar surface area (TPSA) is 64.2 Å². The van der Waals surface area contributed by atoms with Gasteiger partial charge in [-0.3, -0.25) is 24.3 Å². The highest BCUT2D eigenvalue weighted by Crippen LogP contribution is 2.48. The number of piperazine rings is 1. The standard InChI is InChI=1S/C23H31ClN4O3/c1-4-10-27-20(29)23(21(30)28(11-5-2)22(27)31)14-16-17(24)8-7-9-18(16)26-13-12-25(6-3)15-19(23)26/h7-9,19H,4-6,10-15H2,1-3H3/t19-/m1/s1. The van der Waals surface area contributed by atoms with Crippen molar-refractivity contribution in [3.05, 3.63) is 28.8 Å². The third-order valence-corrected chi connectivity index (χ3v) is 7.30. The van der Waals surface area contributed by atoms with Gasteiger partial charge in [0.15, 0.2) is 5.41 Å². The zero-order chi connectivity index (χ0) is 22.3. The number of benzene rings is 1. The lowest BCUT2D eigenvalue weighted by Crippen LogP contribution is -2.75. The second-order valence-corrected chi connectivity index (χ2v) is 9.09. The van der Waals surface area contributed by atoms with Crippen LogP contribution in [0.3, 0.4) is 0 Å². The van der Waals surface area contributed by atoms with Gasteiger partial charge in [0.25, 0.3) is 0 Å². The molecule has 0 bridgehead atoms. The number of nitrogens with zero attached hydrogens (tertiary/aromatic N) is 4. The minimum atomic E-state index is -1.34. The molecule has 4 rings (SSSR count). The summed E-state index contributed by atoms with van der Waals surface area (Å²) in [6, 6.07) is 4.94. The number of carbonyl (C=O) groups is 3. The van der Waals surface area contributed by atoms with Crippen molar-refractivity contribution < 1.29 is 14.4 Å². The molecule has 1 spiro atoms. The van der Waals surface area contributed by atoms with Crippen molar-refractivity contribution in [3.8, 4) is 0 Å². The lowest BCUT2D eigenvalue weighted by atomic mass is 9.67. The van der Waals surface area contributed by atoms with Crippen LogP contribution >= 0.6 is 11.6 Å². The van der Waals surface area contributed by atoms with Gasteiger partial charge in [0.2, 0.25) is 11.8 Å². The van der Waals surface area contributed by atoms with Crippen molar-refractivity contribution in [2.24, 2.45) is 5.41 Å². The van der Waals surface area contributed by atoms with Crippen molar-refractivity contribution >= 4 is 35.1 Å². The second-order valence-electron chi connectivity index (χ2n) is 8.68. The highest BCUT2D eigenvalue weighted by molar-refractivity contribution is 6.32. The number of hydrogen-bond acceptors (Lipinski definition) is 5. The van der Waals surface area contributed by atoms with Gasteiger partial charge in [-0.25, -0.2) is 4.79 Å². The van der Waals surface area contributed by atoms with Crippen molar-refractivity contribution in [2.45, 2.75) is 46.1 Å². The maximum atomic E-state index is 14.0. The molecular weight excluding hydrogens is 416 g/mol. The number of hydrogen-bond donors (Lipinski definition) is 0. The van der Waals surface area contributed by atoms with E-state index >= 15 is 0 Å². The van der Waals surface area contributed by atoms with Crippen LogP contribution < -0.4 is 4.90 Å². The Labute approximate surface area is 188 Å². The Morgan fingerprint density at radius 3 is 2.23 bits per heavy atom. The Morgan fingerprint density at radius 2 is 1.65 bits per heavy atom. The van der Waals surface area contributed by atoms with Gasteiger partial charge >= 0.3 is 6.03 Å². The fourth-order valence-electron chi connectivity index (χ4n) is 5.40. The van der Waals surface area contributed by atoms with Crippen LogP contribution in [0.2, 0.25) is 5.02 Å². The summed E-state index contributed by atoms with van der Waals surface area (Å²) < 4.78 is 0. The Hall–Kier alpha value is -2.12. The number of halogens is 1. The molecule has 0 saturated carbocycles. The van der Waals surface area contributed by atoms with Crippen LogP contribution in [0.5, 0.6) is 0 Å². The number of anilines is 1. The maximum Gasteiger partial charge on any atom is 0.333 e. The molecule has 0 unspecified atom stereocenters. The lowest BCUT2D eigenvalue weighted by Gasteiger charge is -2.56. The van der Waals surface area contributed by atoms with Crippen LogP contribution in [0.15, 0.2) is 18.2 Å². The highest BCUT2D eigenvalue weighted by atomic mass is 35.5. The molecule has 0 aliphatic carbocycles. The summed E-state index contributed by atoms with van der Waals surface area (Å²) in [5, 5.41) is 0.565. The molecule has 2 saturated heterocycles. The van der Waals surface area contributed by atoms with E-state index in [1.807, 2.05) is 32.0 Å². The van der Waals surface area contributed by atoms with Crippen LogP contribution in [0.1, 0.15) is 39.2 Å². The first-order valence-electron chi connectivity index (χ1n) is 11.3. The molecule has 0 radical (unpaired) electrons. The van der Waals surface area contributed by atoms with Crippen LogP contribution in [0.25, 0.3) is 0 Å². The number of likely N-dealkylation sites (N-methyl/N-ethyl adjacent to an activating group) is 1. The van der Waals surface area contributed by atoms with Crippen LogP contribution in [-0.2, 0) is 16.0 Å². The Kier molecular flexibility index (Phi) is 6.01. The molecule has 2 fully saturated rings. The quantitative estimate of drug-likeness (QED) is 0.650. The number of barbiturate groups is 1. The maximum absolute atomic E-state index is 14.0. The molecule has 1 aromatic rings. The van der Waals surface area contributed by atoms with E-state index in [1.54, 1.807) is 0 Å². The highest BCUT2D eigenvalue weighted by Gasteiger charge is 2.64. The van der Waals surface area contributed by atoms with Crippen LogP contribution in [0, 0.1) is 5.41 Å². The van der Waals surface area contributed by atoms with Crippen LogP contribution in [0.4, 0.5) is 10.5 Å². The number of amides is 4. The average molecular weight is 447 g/mol. The second kappa shape index (κ2) is 8.43. The van der Waals surface area contributed by atoms with E-state index in [0.29, 0.717) is 44.0 Å². The molecule has 0 aromatic heterocycles. The molecule has 31 heavy (non-hydrogen) atoms. The van der Waals surface area contributed by atoms with Gasteiger partial charge in [-0.2, -0.15) is 0 Å². The average Bonchev–Trinajstić information content (AvgIpc) is 2.78. The lowest BCUT2D eigenvalue weighted by molar-refractivity contribution is -0.162. The number of carbonyl (C=O) groups excluding carboxylic acids is 3. The molecule has 3 aliphatic rings. The fraction of sp³-hybridized carbons (Fsp3) is 0.609. The zero-order valence-corrected chi connectivity index (χ0v) is 19.3. The van der Waals surface area contributed by atoms with Crippen molar-refractivity contribution in [1.82, 2.24) is 14.7 Å². The molecule has 0 N–H and O–H groups in total. The number of imide groups is 2. The molecule has 3 aliphatic heterocycles. The summed E-state index contributed by atoms with van der Waals surface area (Å²) in [5.41, 5.74) is 0.485. The summed E-state index contributed by atoms with van der Waals surface area (Å²) in [7, 11) is 0. The Bertz CT molecular complexity index is 877. The molecule has 1 atom stereocenters. The van der Waals surface area contributed by atoms with Gasteiger partial charge in [-0.05, 0) is 37.1 Å². The van der Waals surface area contributed by atoms with E-state index in [1.165, 1.54) is 9.80 Å². The monoisotopic (exact) mass is 446 g/mol. The molecular formula is C23H31ClN4O3. The normalized spacial score (nSPS) is 23.4. The summed E-state index contributed by atoms with van der Waals surface area (Å²) in [5.74, 6) is -0.731. The molecule has 3 heterocycles. The largest absolute Gasteiger partial charge is 0.364 e. The van der Waals surface area contributed by atoms with E-state index in [0.717, 1.165) is 24.3 Å². The van der Waals surface area contributed by atoms with E-state index in [9.17, 15) is 14.4 Å². The first kappa shape index (κ1) is 22.1. The van der Waals surface area contributed by atoms with Crippen molar-refractivity contribution in [2.75, 3.05) is 44.2 Å². The van der Waals surface area contributed by atoms with E-state index in [2.05, 4.69) is 16.7 Å². The van der Waals surface area contributed by atoms with E-state index in [-0.39, 0.29) is 24.3 Å². The number of fused-ring (bicyclic) bond motifs is 4. The van der Waals surface area contributed by atoms with Crippen molar-refractivity contribution in [3.63, 3.8) is 0 Å². The molecule has 168 valence electrons. The number of rotatable bonds is 5. The third-order valence-electron chi connectivity index (χ3n) is 6.95. The van der Waals surface area contributed by atoms with Gasteiger partial charge in [0, 0.05) is 49.9 Å². The summed E-state index contributed by atoms with van der Waals surface area (Å²) in [6.45, 7) is 9.61. The predicted octanol–water partition coefficient (Wildman–Crippen LogP) is 3.00. The third kappa shape index (κ3) is 3.24. The SMILES string of the molecule is CCCN1C(=O)N(CCC)C(=O)C2(Cc3c(Cl)cccc3N3CCN(CC)C[C@@H]32)C1=O. The smallest absolute Gasteiger partial charge is 0.333 e. The van der Waals surface area contributed by atoms with Gasteiger partial charge in [0.05, 0.1) is 6.04 Å². The summed E-state index contributed by atoms with van der Waals surface area (Å²) in [4.78, 5) is 48.2. The Balaban J connectivity index is 1.91. The molecule has 4 amide bonds. The molecule has 8 heteroatoms. The summed E-state index contributed by atoms with van der Waals surface area (Å²) >= 11 is 6.60. The Morgan fingerprint density at radius 1 is 1.00 bits per heavy atom. The first-order chi connectivity index (χ1) is 14.9.